The van der Waals surface area contributed by atoms with E-state index >= 15 is 0 Å². The van der Waals surface area contributed by atoms with Crippen LogP contribution in [0.4, 0.5) is 9.18 Å². The van der Waals surface area contributed by atoms with Gasteiger partial charge in [-0.3, -0.25) is 9.69 Å². The molecule has 5 nitrogen and oxygen atoms in total. The third-order valence-corrected chi connectivity index (χ3v) is 4.85. The third-order valence-electron chi connectivity index (χ3n) is 4.60. The Morgan fingerprint density at radius 3 is 2.46 bits per heavy atom. The van der Waals surface area contributed by atoms with Crippen molar-refractivity contribution in [1.82, 2.24) is 10.2 Å². The molecule has 0 bridgehead atoms. The Bertz CT molecular complexity index is 856. The number of amides is 3. The minimum Gasteiger partial charge on any atom is -0.494 e. The predicted octanol–water partition coefficient (Wildman–Crippen LogP) is 3.85. The van der Waals surface area contributed by atoms with Gasteiger partial charge in [-0.15, -0.1) is 0 Å². The van der Waals surface area contributed by atoms with Crippen LogP contribution in [0.2, 0.25) is 5.02 Å². The molecule has 2 aromatic rings. The second-order valence-electron chi connectivity index (χ2n) is 6.06. The molecule has 2 aromatic carbocycles. The van der Waals surface area contributed by atoms with E-state index in [9.17, 15) is 14.0 Å². The van der Waals surface area contributed by atoms with Gasteiger partial charge in [0.1, 0.15) is 5.54 Å². The number of imide groups is 1. The van der Waals surface area contributed by atoms with Crippen LogP contribution in [0.5, 0.6) is 5.75 Å². The van der Waals surface area contributed by atoms with Gasteiger partial charge in [-0.2, -0.15) is 0 Å². The van der Waals surface area contributed by atoms with E-state index in [0.717, 1.165) is 4.90 Å². The summed E-state index contributed by atoms with van der Waals surface area (Å²) in [6.07, 6.45) is 0.382. The molecule has 1 N–H and O–H groups in total. The zero-order valence-electron chi connectivity index (χ0n) is 14.4. The molecule has 0 aliphatic carbocycles. The van der Waals surface area contributed by atoms with Crippen molar-refractivity contribution in [2.24, 2.45) is 0 Å². The smallest absolute Gasteiger partial charge is 0.325 e. The monoisotopic (exact) mass is 376 g/mol. The predicted molar refractivity (Wildman–Crippen MR) is 95.5 cm³/mol. The maximum atomic E-state index is 13.9. The van der Waals surface area contributed by atoms with Crippen molar-refractivity contribution in [3.8, 4) is 5.75 Å². The third kappa shape index (κ3) is 3.01. The van der Waals surface area contributed by atoms with E-state index in [-0.39, 0.29) is 18.2 Å². The SMILES string of the molecule is CC[C@]1(c2ccc(Cl)cc2)NC(=O)N(Cc2ccc(OC)c(F)c2)C1=O. The van der Waals surface area contributed by atoms with Gasteiger partial charge in [0.05, 0.1) is 13.7 Å². The molecule has 7 heteroatoms. The van der Waals surface area contributed by atoms with E-state index in [4.69, 9.17) is 16.3 Å². The molecule has 0 radical (unpaired) electrons. The van der Waals surface area contributed by atoms with Crippen LogP contribution in [-0.4, -0.2) is 23.9 Å². The van der Waals surface area contributed by atoms with Gasteiger partial charge in [0.15, 0.2) is 11.6 Å². The Morgan fingerprint density at radius 2 is 1.88 bits per heavy atom. The summed E-state index contributed by atoms with van der Waals surface area (Å²) in [5.41, 5.74) is 0.00753. The number of methoxy groups -OCH3 is 1. The van der Waals surface area contributed by atoms with Gasteiger partial charge in [0, 0.05) is 5.02 Å². The molecule has 0 spiro atoms. The number of rotatable bonds is 5. The lowest BCUT2D eigenvalue weighted by molar-refractivity contribution is -0.132. The number of nitrogens with one attached hydrogen (secondary N) is 1. The number of urea groups is 1. The van der Waals surface area contributed by atoms with Gasteiger partial charge >= 0.3 is 6.03 Å². The zero-order chi connectivity index (χ0) is 18.9. The fourth-order valence-electron chi connectivity index (χ4n) is 3.13. The molecule has 1 aliphatic rings. The molecule has 0 aromatic heterocycles. The van der Waals surface area contributed by atoms with Gasteiger partial charge in [-0.25, -0.2) is 9.18 Å². The van der Waals surface area contributed by atoms with E-state index in [1.54, 1.807) is 30.3 Å². The molecule has 1 aliphatic heterocycles. The lowest BCUT2D eigenvalue weighted by Gasteiger charge is -2.26. The molecular formula is C19H18ClFN2O3. The van der Waals surface area contributed by atoms with Crippen molar-refractivity contribution in [2.75, 3.05) is 7.11 Å². The first kappa shape index (κ1) is 18.2. The minimum atomic E-state index is -1.15. The van der Waals surface area contributed by atoms with Crippen molar-refractivity contribution < 1.29 is 18.7 Å². The number of hydrogen-bond acceptors (Lipinski definition) is 3. The molecule has 3 rings (SSSR count). The van der Waals surface area contributed by atoms with E-state index in [1.165, 1.54) is 19.2 Å². The van der Waals surface area contributed by atoms with Gasteiger partial charge in [0.25, 0.3) is 5.91 Å². The van der Waals surface area contributed by atoms with Crippen molar-refractivity contribution in [3.05, 3.63) is 64.4 Å². The first-order valence-corrected chi connectivity index (χ1v) is 8.51. The fraction of sp³-hybridized carbons (Fsp3) is 0.263. The van der Waals surface area contributed by atoms with Crippen LogP contribution in [0.3, 0.4) is 0 Å². The molecular weight excluding hydrogens is 359 g/mol. The number of halogens is 2. The van der Waals surface area contributed by atoms with Crippen LogP contribution in [0.25, 0.3) is 0 Å². The summed E-state index contributed by atoms with van der Waals surface area (Å²) in [6.45, 7) is 1.80. The van der Waals surface area contributed by atoms with Crippen molar-refractivity contribution in [2.45, 2.75) is 25.4 Å². The van der Waals surface area contributed by atoms with E-state index in [1.807, 2.05) is 6.92 Å². The van der Waals surface area contributed by atoms with Crippen molar-refractivity contribution in [3.63, 3.8) is 0 Å². The number of nitrogens with zero attached hydrogens (tertiary/aromatic N) is 1. The molecule has 1 heterocycles. The highest BCUT2D eigenvalue weighted by Crippen LogP contribution is 2.34. The molecule has 1 atom stereocenters. The maximum absolute atomic E-state index is 13.9. The molecule has 0 unspecified atom stereocenters. The summed E-state index contributed by atoms with van der Waals surface area (Å²) in [5, 5.41) is 3.33. The first-order valence-electron chi connectivity index (χ1n) is 8.14. The van der Waals surface area contributed by atoms with E-state index in [0.29, 0.717) is 22.6 Å². The second kappa shape index (κ2) is 6.96. The molecule has 1 saturated heterocycles. The Hall–Kier alpha value is -2.60. The Morgan fingerprint density at radius 1 is 1.19 bits per heavy atom. The summed E-state index contributed by atoms with van der Waals surface area (Å²) >= 11 is 5.92. The van der Waals surface area contributed by atoms with E-state index in [2.05, 4.69) is 5.32 Å². The van der Waals surface area contributed by atoms with Gasteiger partial charge in [-0.05, 0) is 41.8 Å². The highest BCUT2D eigenvalue weighted by atomic mass is 35.5. The summed E-state index contributed by atoms with van der Waals surface area (Å²) in [5.74, 6) is -0.810. The highest BCUT2D eigenvalue weighted by molar-refractivity contribution is 6.30. The number of hydrogen-bond donors (Lipinski definition) is 1. The van der Waals surface area contributed by atoms with Crippen LogP contribution >= 0.6 is 11.6 Å². The van der Waals surface area contributed by atoms with Gasteiger partial charge in [-0.1, -0.05) is 36.7 Å². The molecule has 136 valence electrons. The lowest BCUT2D eigenvalue weighted by atomic mass is 9.87. The summed E-state index contributed by atoms with van der Waals surface area (Å²) in [4.78, 5) is 26.6. The van der Waals surface area contributed by atoms with Crippen LogP contribution < -0.4 is 10.1 Å². The second-order valence-corrected chi connectivity index (χ2v) is 6.49. The zero-order valence-corrected chi connectivity index (χ0v) is 15.1. The molecule has 3 amide bonds. The molecule has 26 heavy (non-hydrogen) atoms. The number of carbonyl (C=O) groups is 2. The van der Waals surface area contributed by atoms with Crippen LogP contribution in [0, 0.1) is 5.82 Å². The van der Waals surface area contributed by atoms with Crippen molar-refractivity contribution >= 4 is 23.5 Å². The first-order chi connectivity index (χ1) is 12.4. The maximum Gasteiger partial charge on any atom is 0.325 e. The van der Waals surface area contributed by atoms with E-state index < -0.39 is 17.4 Å². The van der Waals surface area contributed by atoms with Gasteiger partial charge in [0.2, 0.25) is 0 Å². The van der Waals surface area contributed by atoms with Crippen LogP contribution in [0.15, 0.2) is 42.5 Å². The molecule has 1 fully saturated rings. The average Bonchev–Trinajstić information content (AvgIpc) is 2.87. The highest BCUT2D eigenvalue weighted by Gasteiger charge is 2.51. The Kier molecular flexibility index (Phi) is 4.87. The average molecular weight is 377 g/mol. The number of ether oxygens (including phenoxy) is 1. The summed E-state index contributed by atoms with van der Waals surface area (Å²) < 4.78 is 18.8. The Labute approximate surface area is 155 Å². The van der Waals surface area contributed by atoms with Crippen LogP contribution in [0.1, 0.15) is 24.5 Å². The normalized spacial score (nSPS) is 19.6. The topological polar surface area (TPSA) is 58.6 Å². The van der Waals surface area contributed by atoms with Gasteiger partial charge < -0.3 is 10.1 Å². The quantitative estimate of drug-likeness (QED) is 0.806. The fourth-order valence-corrected chi connectivity index (χ4v) is 3.26. The molecule has 0 saturated carbocycles. The number of carbonyl (C=O) groups excluding carboxylic acids is 2. The summed E-state index contributed by atoms with van der Waals surface area (Å²) in [7, 11) is 1.37. The number of benzene rings is 2. The van der Waals surface area contributed by atoms with Crippen LogP contribution in [-0.2, 0) is 16.9 Å². The minimum absolute atomic E-state index is 0.0269. The Balaban J connectivity index is 1.90. The summed E-state index contributed by atoms with van der Waals surface area (Å²) in [6, 6.07) is 10.6. The largest absolute Gasteiger partial charge is 0.494 e. The standard InChI is InChI=1S/C19H18ClFN2O3/c1-3-19(13-5-7-14(20)8-6-13)17(24)23(18(25)22-19)11-12-4-9-16(26-2)15(21)10-12/h4-10H,3,11H2,1-2H3,(H,22,25)/t19-/m1/s1. The lowest BCUT2D eigenvalue weighted by Crippen LogP contribution is -2.43. The van der Waals surface area contributed by atoms with Crippen molar-refractivity contribution in [1.29, 1.82) is 0 Å².